The van der Waals surface area contributed by atoms with Gasteiger partial charge in [0.25, 0.3) is 0 Å². The van der Waals surface area contributed by atoms with E-state index >= 15 is 0 Å². The molecule has 1 atom stereocenters. The molecule has 18 heavy (non-hydrogen) atoms. The van der Waals surface area contributed by atoms with E-state index in [-0.39, 0.29) is 5.41 Å². The summed E-state index contributed by atoms with van der Waals surface area (Å²) < 4.78 is 22.9. The van der Waals surface area contributed by atoms with Gasteiger partial charge in [-0.1, -0.05) is 37.6 Å². The minimum atomic E-state index is -3.51. The van der Waals surface area contributed by atoms with Crippen LogP contribution in [-0.2, 0) is 13.6 Å². The zero-order chi connectivity index (χ0) is 13.4. The third-order valence-corrected chi connectivity index (χ3v) is 4.87. The van der Waals surface area contributed by atoms with E-state index in [0.717, 1.165) is 0 Å². The Hall–Kier alpha value is -0.380. The van der Waals surface area contributed by atoms with Crippen LogP contribution in [-0.4, -0.2) is 18.3 Å². The molecule has 1 fully saturated rings. The molecule has 1 aromatic carbocycles. The van der Waals surface area contributed by atoms with Gasteiger partial charge in [0, 0.05) is 10.4 Å². The Morgan fingerprint density at radius 2 is 1.78 bits per heavy atom. The van der Waals surface area contributed by atoms with E-state index in [2.05, 4.69) is 0 Å². The predicted molar refractivity (Wildman–Crippen MR) is 69.7 cm³/mol. The number of hydrogen-bond donors (Lipinski definition) is 1. The molecule has 4 nitrogen and oxygen atoms in total. The van der Waals surface area contributed by atoms with Crippen molar-refractivity contribution in [1.82, 2.24) is 0 Å². The van der Waals surface area contributed by atoms with Crippen LogP contribution in [0.2, 0.25) is 5.02 Å². The van der Waals surface area contributed by atoms with Gasteiger partial charge in [0.1, 0.15) is 0 Å². The maximum atomic E-state index is 12.4. The summed E-state index contributed by atoms with van der Waals surface area (Å²) in [6.07, 6.45) is 0. The summed E-state index contributed by atoms with van der Waals surface area (Å²) in [4.78, 5) is 0. The van der Waals surface area contributed by atoms with Crippen molar-refractivity contribution in [3.05, 3.63) is 34.9 Å². The summed E-state index contributed by atoms with van der Waals surface area (Å²) in [6, 6.07) is 6.47. The van der Waals surface area contributed by atoms with Crippen LogP contribution in [0.4, 0.5) is 0 Å². The van der Waals surface area contributed by atoms with Crippen molar-refractivity contribution in [2.75, 3.05) is 13.2 Å². The number of hydrogen-bond acceptors (Lipinski definition) is 4. The number of rotatable bonds is 2. The standard InChI is InChI=1S/C12H16ClO4P/c1-12(2)7-16-18(15,17-8-12)11(14)9-3-5-10(13)6-4-9/h3-6,11,14H,7-8H2,1-2H3. The Kier molecular flexibility index (Phi) is 3.86. The summed E-state index contributed by atoms with van der Waals surface area (Å²) in [7, 11) is -3.51. The summed E-state index contributed by atoms with van der Waals surface area (Å²) in [6.45, 7) is 4.50. The Bertz CT molecular complexity index is 457. The van der Waals surface area contributed by atoms with Crippen LogP contribution in [0.5, 0.6) is 0 Å². The van der Waals surface area contributed by atoms with Crippen molar-refractivity contribution < 1.29 is 18.7 Å². The molecule has 1 N–H and O–H groups in total. The minimum absolute atomic E-state index is 0.187. The number of aliphatic hydroxyl groups is 1. The van der Waals surface area contributed by atoms with Gasteiger partial charge < -0.3 is 14.2 Å². The highest BCUT2D eigenvalue weighted by atomic mass is 35.5. The van der Waals surface area contributed by atoms with E-state index in [1.54, 1.807) is 24.3 Å². The van der Waals surface area contributed by atoms with Crippen molar-refractivity contribution >= 4 is 19.2 Å². The SMILES string of the molecule is CC1(C)COP(=O)(C(O)c2ccc(Cl)cc2)OC1. The summed E-state index contributed by atoms with van der Waals surface area (Å²) in [5.74, 6) is -1.27. The summed E-state index contributed by atoms with van der Waals surface area (Å²) >= 11 is 5.76. The van der Waals surface area contributed by atoms with Crippen LogP contribution in [0, 0.1) is 5.41 Å². The first-order chi connectivity index (χ1) is 8.32. The first kappa shape index (κ1) is 14.0. The molecule has 2 rings (SSSR count). The molecule has 1 aromatic rings. The highest BCUT2D eigenvalue weighted by Gasteiger charge is 2.42. The molecule has 0 aliphatic carbocycles. The molecule has 0 saturated carbocycles. The third-order valence-electron chi connectivity index (χ3n) is 2.74. The van der Waals surface area contributed by atoms with E-state index in [9.17, 15) is 9.67 Å². The van der Waals surface area contributed by atoms with Crippen LogP contribution >= 0.6 is 19.2 Å². The Balaban J connectivity index is 2.16. The van der Waals surface area contributed by atoms with Crippen molar-refractivity contribution in [2.24, 2.45) is 5.41 Å². The minimum Gasteiger partial charge on any atom is -0.376 e. The second-order valence-electron chi connectivity index (χ2n) is 5.18. The van der Waals surface area contributed by atoms with Gasteiger partial charge in [-0.25, -0.2) is 0 Å². The number of benzene rings is 1. The average molecular weight is 291 g/mol. The van der Waals surface area contributed by atoms with Gasteiger partial charge in [-0.15, -0.1) is 0 Å². The molecule has 100 valence electrons. The van der Waals surface area contributed by atoms with Gasteiger partial charge in [0.05, 0.1) is 13.2 Å². The zero-order valence-corrected chi connectivity index (χ0v) is 11.9. The maximum absolute atomic E-state index is 12.4. The van der Waals surface area contributed by atoms with Gasteiger partial charge in [-0.3, -0.25) is 4.57 Å². The molecular weight excluding hydrogens is 275 g/mol. The average Bonchev–Trinajstić information content (AvgIpc) is 2.34. The monoisotopic (exact) mass is 290 g/mol. The van der Waals surface area contributed by atoms with E-state index in [1.807, 2.05) is 13.8 Å². The maximum Gasteiger partial charge on any atom is 0.363 e. The topological polar surface area (TPSA) is 55.8 Å². The van der Waals surface area contributed by atoms with E-state index in [0.29, 0.717) is 23.8 Å². The van der Waals surface area contributed by atoms with E-state index in [4.69, 9.17) is 20.6 Å². The first-order valence-corrected chi connectivity index (χ1v) is 7.64. The van der Waals surface area contributed by atoms with Crippen LogP contribution in [0.15, 0.2) is 24.3 Å². The molecule has 1 aliphatic rings. The lowest BCUT2D eigenvalue weighted by Gasteiger charge is -2.35. The van der Waals surface area contributed by atoms with E-state index < -0.39 is 13.4 Å². The smallest absolute Gasteiger partial charge is 0.363 e. The second-order valence-corrected chi connectivity index (χ2v) is 7.70. The molecule has 0 amide bonds. The lowest BCUT2D eigenvalue weighted by Crippen LogP contribution is -2.30. The van der Waals surface area contributed by atoms with Gasteiger partial charge in [0.2, 0.25) is 0 Å². The molecule has 6 heteroatoms. The first-order valence-electron chi connectivity index (χ1n) is 5.65. The third kappa shape index (κ3) is 2.95. The molecule has 1 saturated heterocycles. The van der Waals surface area contributed by atoms with Gasteiger partial charge in [-0.2, -0.15) is 0 Å². The van der Waals surface area contributed by atoms with Gasteiger partial charge >= 0.3 is 7.60 Å². The number of halogens is 1. The molecule has 0 radical (unpaired) electrons. The fraction of sp³-hybridized carbons (Fsp3) is 0.500. The van der Waals surface area contributed by atoms with Crippen LogP contribution < -0.4 is 0 Å². The second kappa shape index (κ2) is 4.95. The lowest BCUT2D eigenvalue weighted by atomic mass is 9.97. The summed E-state index contributed by atoms with van der Waals surface area (Å²) in [5, 5.41) is 10.7. The highest BCUT2D eigenvalue weighted by molar-refractivity contribution is 7.54. The largest absolute Gasteiger partial charge is 0.376 e. The molecule has 1 unspecified atom stereocenters. The van der Waals surface area contributed by atoms with Crippen molar-refractivity contribution in [1.29, 1.82) is 0 Å². The van der Waals surface area contributed by atoms with E-state index in [1.165, 1.54) is 0 Å². The van der Waals surface area contributed by atoms with Crippen LogP contribution in [0.25, 0.3) is 0 Å². The molecule has 0 bridgehead atoms. The fourth-order valence-electron chi connectivity index (χ4n) is 1.57. The van der Waals surface area contributed by atoms with Crippen molar-refractivity contribution in [3.63, 3.8) is 0 Å². The van der Waals surface area contributed by atoms with Gasteiger partial charge in [0.15, 0.2) is 5.85 Å². The van der Waals surface area contributed by atoms with Crippen LogP contribution in [0.1, 0.15) is 25.3 Å². The molecule has 1 heterocycles. The predicted octanol–water partition coefficient (Wildman–Crippen LogP) is 3.60. The molecule has 1 aliphatic heterocycles. The van der Waals surface area contributed by atoms with Crippen molar-refractivity contribution in [2.45, 2.75) is 19.7 Å². The zero-order valence-electron chi connectivity index (χ0n) is 10.3. The number of aliphatic hydroxyl groups excluding tert-OH is 1. The molecule has 0 aromatic heterocycles. The molecule has 0 spiro atoms. The summed E-state index contributed by atoms with van der Waals surface area (Å²) in [5.41, 5.74) is 0.288. The Labute approximate surface area is 111 Å². The highest BCUT2D eigenvalue weighted by Crippen LogP contribution is 2.62. The van der Waals surface area contributed by atoms with Crippen molar-refractivity contribution in [3.8, 4) is 0 Å². The fourth-order valence-corrected chi connectivity index (χ4v) is 3.65. The van der Waals surface area contributed by atoms with Gasteiger partial charge in [-0.05, 0) is 17.7 Å². The Morgan fingerprint density at radius 3 is 2.28 bits per heavy atom. The lowest BCUT2D eigenvalue weighted by molar-refractivity contribution is 0.0229. The van der Waals surface area contributed by atoms with Crippen LogP contribution in [0.3, 0.4) is 0 Å². The molecular formula is C12H16ClO4P. The normalized spacial score (nSPS) is 23.6. The quantitative estimate of drug-likeness (QED) is 0.846. The Morgan fingerprint density at radius 1 is 1.28 bits per heavy atom.